The number of hydrogen-bond donors (Lipinski definition) is 1. The van der Waals surface area contributed by atoms with Gasteiger partial charge in [0.15, 0.2) is 5.43 Å². The minimum absolute atomic E-state index is 0.0371. The molecule has 0 fully saturated rings. The van der Waals surface area contributed by atoms with Crippen LogP contribution in [0.2, 0.25) is 0 Å². The maximum atomic E-state index is 12.8. The summed E-state index contributed by atoms with van der Waals surface area (Å²) >= 11 is 4.46. The summed E-state index contributed by atoms with van der Waals surface area (Å²) in [5.41, 5.74) is 2.70. The molecule has 0 atom stereocenters. The Hall–Kier alpha value is -2.59. The van der Waals surface area contributed by atoms with Crippen LogP contribution in [0.5, 0.6) is 0 Å². The van der Waals surface area contributed by atoms with E-state index in [0.29, 0.717) is 11.0 Å². The monoisotopic (exact) mass is 302 g/mol. The zero-order valence-corrected chi connectivity index (χ0v) is 12.3. The second kappa shape index (κ2) is 3.99. The summed E-state index contributed by atoms with van der Waals surface area (Å²) in [6.45, 7) is 0. The highest BCUT2D eigenvalue weighted by Gasteiger charge is 2.17. The highest BCUT2D eigenvalue weighted by Crippen LogP contribution is 2.33. The molecule has 3 heterocycles. The van der Waals surface area contributed by atoms with E-state index in [0.717, 1.165) is 32.1 Å². The van der Waals surface area contributed by atoms with Crippen LogP contribution in [0, 0.1) is 0 Å². The third-order valence-corrected chi connectivity index (χ3v) is 4.54. The fourth-order valence-electron chi connectivity index (χ4n) is 3.36. The first-order valence-electron chi connectivity index (χ1n) is 7.02. The molecule has 104 valence electrons. The van der Waals surface area contributed by atoms with Crippen LogP contribution >= 0.6 is 12.6 Å². The third-order valence-electron chi connectivity index (χ3n) is 4.26. The van der Waals surface area contributed by atoms with Crippen LogP contribution in [0.3, 0.4) is 0 Å². The van der Waals surface area contributed by atoms with Gasteiger partial charge < -0.3 is 0 Å². The summed E-state index contributed by atoms with van der Waals surface area (Å²) in [6, 6.07) is 15.6. The topological polar surface area (TPSA) is 34.4 Å². The van der Waals surface area contributed by atoms with Gasteiger partial charge in [0.05, 0.1) is 16.4 Å². The summed E-state index contributed by atoms with van der Waals surface area (Å²) in [7, 11) is 0. The molecule has 3 nitrogen and oxygen atoms in total. The van der Waals surface area contributed by atoms with Crippen LogP contribution in [0.4, 0.5) is 0 Å². The largest absolute Gasteiger partial charge is 0.292 e. The van der Waals surface area contributed by atoms with Crippen molar-refractivity contribution in [2.24, 2.45) is 0 Å². The molecule has 5 aromatic rings. The standard InChI is InChI=1S/C18H10N2OS/c21-17-13-4-1-3-12-11-7-6-10(22)9-15(11)20(16(12)13)18-14(17)5-2-8-19-18/h1-9,22H. The van der Waals surface area contributed by atoms with Gasteiger partial charge in [0, 0.05) is 27.3 Å². The first kappa shape index (κ1) is 12.0. The Morgan fingerprint density at radius 3 is 2.64 bits per heavy atom. The van der Waals surface area contributed by atoms with Crippen molar-refractivity contribution in [3.05, 3.63) is 65.0 Å². The second-order valence-electron chi connectivity index (χ2n) is 5.44. The second-order valence-corrected chi connectivity index (χ2v) is 5.96. The average molecular weight is 302 g/mol. The van der Waals surface area contributed by atoms with Gasteiger partial charge in [-0.3, -0.25) is 9.20 Å². The molecule has 0 saturated carbocycles. The van der Waals surface area contributed by atoms with Gasteiger partial charge in [-0.05, 0) is 30.3 Å². The molecule has 0 unspecified atom stereocenters. The molecule has 0 bridgehead atoms. The molecule has 0 radical (unpaired) electrons. The summed E-state index contributed by atoms with van der Waals surface area (Å²) in [6.07, 6.45) is 1.72. The summed E-state index contributed by atoms with van der Waals surface area (Å²) < 4.78 is 2.08. The van der Waals surface area contributed by atoms with Crippen molar-refractivity contribution in [3.8, 4) is 0 Å². The van der Waals surface area contributed by atoms with Crippen molar-refractivity contribution in [1.82, 2.24) is 9.38 Å². The predicted octanol–water partition coefficient (Wildman–Crippen LogP) is 3.88. The van der Waals surface area contributed by atoms with Crippen LogP contribution in [0.1, 0.15) is 0 Å². The van der Waals surface area contributed by atoms with Crippen LogP contribution in [-0.2, 0) is 0 Å². The zero-order valence-electron chi connectivity index (χ0n) is 11.4. The molecule has 0 spiro atoms. The number of pyridine rings is 2. The molecule has 22 heavy (non-hydrogen) atoms. The van der Waals surface area contributed by atoms with E-state index in [1.165, 1.54) is 0 Å². The smallest absolute Gasteiger partial charge is 0.198 e. The Labute approximate surface area is 130 Å². The molecular formula is C18H10N2OS. The van der Waals surface area contributed by atoms with E-state index in [4.69, 9.17) is 0 Å². The molecule has 5 rings (SSSR count). The van der Waals surface area contributed by atoms with E-state index in [1.807, 2.05) is 30.3 Å². The van der Waals surface area contributed by atoms with Crippen LogP contribution in [0.25, 0.3) is 38.2 Å². The Balaban J connectivity index is 2.31. The highest BCUT2D eigenvalue weighted by molar-refractivity contribution is 7.80. The number of rotatable bonds is 0. The van der Waals surface area contributed by atoms with E-state index < -0.39 is 0 Å². The first-order chi connectivity index (χ1) is 10.8. The molecule has 0 aliphatic heterocycles. The van der Waals surface area contributed by atoms with Gasteiger partial charge in [-0.25, -0.2) is 4.98 Å². The van der Waals surface area contributed by atoms with Crippen LogP contribution < -0.4 is 5.43 Å². The van der Waals surface area contributed by atoms with Gasteiger partial charge in [0.2, 0.25) is 0 Å². The number of para-hydroxylation sites is 1. The predicted molar refractivity (Wildman–Crippen MR) is 92.4 cm³/mol. The van der Waals surface area contributed by atoms with Gasteiger partial charge in [-0.1, -0.05) is 18.2 Å². The SMILES string of the molecule is O=c1c2cccnc2n2c3cc(S)ccc3c3cccc1c32. The first-order valence-corrected chi connectivity index (χ1v) is 7.46. The molecule has 0 amide bonds. The number of aromatic nitrogens is 2. The molecule has 4 heteroatoms. The van der Waals surface area contributed by atoms with Crippen molar-refractivity contribution in [2.45, 2.75) is 4.90 Å². The van der Waals surface area contributed by atoms with Crippen molar-refractivity contribution in [1.29, 1.82) is 0 Å². The van der Waals surface area contributed by atoms with E-state index in [2.05, 4.69) is 34.1 Å². The normalized spacial score (nSPS) is 12.0. The lowest BCUT2D eigenvalue weighted by atomic mass is 10.1. The minimum atomic E-state index is 0.0371. The highest BCUT2D eigenvalue weighted by atomic mass is 32.1. The fraction of sp³-hybridized carbons (Fsp3) is 0. The molecule has 0 N–H and O–H groups in total. The van der Waals surface area contributed by atoms with E-state index in [1.54, 1.807) is 12.3 Å². The fourth-order valence-corrected chi connectivity index (χ4v) is 3.55. The molecule has 0 aliphatic carbocycles. The lowest BCUT2D eigenvalue weighted by Gasteiger charge is -2.05. The summed E-state index contributed by atoms with van der Waals surface area (Å²) in [4.78, 5) is 18.1. The van der Waals surface area contributed by atoms with Gasteiger partial charge >= 0.3 is 0 Å². The van der Waals surface area contributed by atoms with Crippen molar-refractivity contribution in [2.75, 3.05) is 0 Å². The summed E-state index contributed by atoms with van der Waals surface area (Å²) in [5.74, 6) is 0. The van der Waals surface area contributed by atoms with Gasteiger partial charge in [-0.15, -0.1) is 12.6 Å². The Bertz CT molecular complexity index is 1260. The molecule has 0 saturated heterocycles. The molecule has 3 aromatic heterocycles. The number of fused-ring (bicyclic) bond motifs is 5. The number of benzene rings is 2. The molecule has 0 aliphatic rings. The van der Waals surface area contributed by atoms with E-state index >= 15 is 0 Å². The minimum Gasteiger partial charge on any atom is -0.292 e. The third kappa shape index (κ3) is 1.33. The number of hydrogen-bond acceptors (Lipinski definition) is 3. The lowest BCUT2D eigenvalue weighted by molar-refractivity contribution is 1.24. The Kier molecular flexibility index (Phi) is 2.18. The number of nitrogens with zero attached hydrogens (tertiary/aromatic N) is 2. The van der Waals surface area contributed by atoms with Crippen molar-refractivity contribution >= 4 is 50.9 Å². The Morgan fingerprint density at radius 1 is 0.909 bits per heavy atom. The van der Waals surface area contributed by atoms with Gasteiger partial charge in [0.1, 0.15) is 5.65 Å². The molecular weight excluding hydrogens is 292 g/mol. The zero-order chi connectivity index (χ0) is 14.8. The number of thiol groups is 1. The lowest BCUT2D eigenvalue weighted by Crippen LogP contribution is -2.07. The molecule has 2 aromatic carbocycles. The maximum absolute atomic E-state index is 12.8. The van der Waals surface area contributed by atoms with Gasteiger partial charge in [0.25, 0.3) is 0 Å². The van der Waals surface area contributed by atoms with Crippen molar-refractivity contribution in [3.63, 3.8) is 0 Å². The average Bonchev–Trinajstić information content (AvgIpc) is 2.87. The maximum Gasteiger partial charge on any atom is 0.198 e. The van der Waals surface area contributed by atoms with E-state index in [9.17, 15) is 4.79 Å². The van der Waals surface area contributed by atoms with Crippen molar-refractivity contribution < 1.29 is 0 Å². The summed E-state index contributed by atoms with van der Waals surface area (Å²) in [5, 5.41) is 3.56. The van der Waals surface area contributed by atoms with E-state index in [-0.39, 0.29) is 5.43 Å². The van der Waals surface area contributed by atoms with Gasteiger partial charge in [-0.2, -0.15) is 0 Å². The Morgan fingerprint density at radius 2 is 1.73 bits per heavy atom. The van der Waals surface area contributed by atoms with Crippen LogP contribution in [0.15, 0.2) is 64.4 Å². The quantitative estimate of drug-likeness (QED) is 0.348. The van der Waals surface area contributed by atoms with Crippen LogP contribution in [-0.4, -0.2) is 9.38 Å².